The normalized spacial score (nSPS) is 11.7. The van der Waals surface area contributed by atoms with Crippen LogP contribution in [0.2, 0.25) is 0 Å². The summed E-state index contributed by atoms with van der Waals surface area (Å²) in [5.41, 5.74) is 11.9. The SMILES string of the molecule is CCn1c2ccccc2c2cc(/C=N\NC(=O)c3nnn(-c4nonc4N)c3C)ccc21. The molecule has 0 unspecified atom stereocenters. The molecule has 5 aromatic rings. The summed E-state index contributed by atoms with van der Waals surface area (Å²) in [5, 5.41) is 21.3. The van der Waals surface area contributed by atoms with Crippen molar-refractivity contribution in [1.29, 1.82) is 0 Å². The standard InChI is InChI=1S/C21H19N9O2/c1-3-29-16-7-5-4-6-14(16)15-10-13(8-9-17(15)29)11-23-25-21(31)18-12(2)30(28-24-18)20-19(22)26-32-27-20/h4-11H,3H2,1-2H3,(H2,22,26)(H,25,31)/b23-11-. The molecule has 0 saturated carbocycles. The fourth-order valence-corrected chi connectivity index (χ4v) is 3.79. The maximum Gasteiger partial charge on any atom is 0.293 e. The van der Waals surface area contributed by atoms with Gasteiger partial charge in [-0.05, 0) is 47.9 Å². The van der Waals surface area contributed by atoms with E-state index < -0.39 is 5.91 Å². The van der Waals surface area contributed by atoms with E-state index in [1.807, 2.05) is 18.2 Å². The van der Waals surface area contributed by atoms with Gasteiger partial charge in [0.15, 0.2) is 5.69 Å². The van der Waals surface area contributed by atoms with Crippen LogP contribution in [-0.4, -0.2) is 42.0 Å². The van der Waals surface area contributed by atoms with Gasteiger partial charge in [0, 0.05) is 28.4 Å². The van der Waals surface area contributed by atoms with Gasteiger partial charge in [-0.3, -0.25) is 4.79 Å². The number of nitrogens with one attached hydrogen (secondary N) is 1. The van der Waals surface area contributed by atoms with Crippen molar-refractivity contribution in [1.82, 2.24) is 35.3 Å². The van der Waals surface area contributed by atoms with Crippen LogP contribution in [0, 0.1) is 6.92 Å². The number of hydrazone groups is 1. The molecule has 0 radical (unpaired) electrons. The first kappa shape index (κ1) is 19.4. The first-order valence-electron chi connectivity index (χ1n) is 9.93. The van der Waals surface area contributed by atoms with Gasteiger partial charge in [0.2, 0.25) is 11.6 Å². The smallest absolute Gasteiger partial charge is 0.293 e. The van der Waals surface area contributed by atoms with Crippen molar-refractivity contribution in [2.24, 2.45) is 5.10 Å². The predicted octanol–water partition coefficient (Wildman–Crippen LogP) is 2.43. The summed E-state index contributed by atoms with van der Waals surface area (Å²) in [6.45, 7) is 4.66. The number of hydrogen-bond donors (Lipinski definition) is 2. The summed E-state index contributed by atoms with van der Waals surface area (Å²) < 4.78 is 8.12. The number of rotatable bonds is 5. The van der Waals surface area contributed by atoms with Gasteiger partial charge in [-0.1, -0.05) is 29.5 Å². The highest BCUT2D eigenvalue weighted by Gasteiger charge is 2.20. The molecule has 0 aliphatic heterocycles. The third-order valence-corrected chi connectivity index (χ3v) is 5.30. The zero-order valence-corrected chi connectivity index (χ0v) is 17.4. The molecule has 0 bridgehead atoms. The molecule has 0 fully saturated rings. The van der Waals surface area contributed by atoms with E-state index in [1.54, 1.807) is 13.1 Å². The number of aromatic nitrogens is 6. The number of nitrogens with zero attached hydrogens (tertiary/aromatic N) is 7. The minimum atomic E-state index is -0.510. The number of nitrogen functional groups attached to an aromatic ring is 1. The Morgan fingerprint density at radius 3 is 2.78 bits per heavy atom. The molecule has 1 amide bonds. The Hall–Kier alpha value is -4.54. The fraction of sp³-hybridized carbons (Fsp3) is 0.143. The zero-order valence-electron chi connectivity index (χ0n) is 17.4. The number of carbonyl (C=O) groups is 1. The maximum atomic E-state index is 12.5. The minimum absolute atomic E-state index is 0.0443. The summed E-state index contributed by atoms with van der Waals surface area (Å²) in [5.74, 6) is -0.302. The Bertz CT molecular complexity index is 1490. The first-order chi connectivity index (χ1) is 15.6. The third kappa shape index (κ3) is 3.07. The highest BCUT2D eigenvalue weighted by molar-refractivity contribution is 6.09. The Morgan fingerprint density at radius 1 is 1.19 bits per heavy atom. The lowest BCUT2D eigenvalue weighted by Crippen LogP contribution is -2.19. The van der Waals surface area contributed by atoms with E-state index in [0.29, 0.717) is 5.69 Å². The van der Waals surface area contributed by atoms with Gasteiger partial charge in [0.05, 0.1) is 11.9 Å². The average molecular weight is 429 g/mol. The number of benzene rings is 2. The first-order valence-corrected chi connectivity index (χ1v) is 9.93. The monoisotopic (exact) mass is 429 g/mol. The van der Waals surface area contributed by atoms with Crippen LogP contribution >= 0.6 is 0 Å². The van der Waals surface area contributed by atoms with Crippen LogP contribution in [-0.2, 0) is 6.54 Å². The number of amides is 1. The minimum Gasteiger partial charge on any atom is -0.378 e. The topological polar surface area (TPSA) is 142 Å². The number of aryl methyl sites for hydroxylation is 1. The zero-order chi connectivity index (χ0) is 22.2. The van der Waals surface area contributed by atoms with E-state index in [-0.39, 0.29) is 17.3 Å². The van der Waals surface area contributed by atoms with Gasteiger partial charge in [-0.2, -0.15) is 9.78 Å². The number of carbonyl (C=O) groups excluding carboxylic acids is 1. The van der Waals surface area contributed by atoms with Crippen molar-refractivity contribution >= 4 is 39.7 Å². The molecule has 2 aromatic carbocycles. The fourth-order valence-electron chi connectivity index (χ4n) is 3.79. The van der Waals surface area contributed by atoms with E-state index in [2.05, 4.69) is 71.5 Å². The van der Waals surface area contributed by atoms with E-state index in [4.69, 9.17) is 5.73 Å². The number of anilines is 1. The summed E-state index contributed by atoms with van der Waals surface area (Å²) in [4.78, 5) is 12.5. The molecule has 0 aliphatic carbocycles. The molecule has 32 heavy (non-hydrogen) atoms. The highest BCUT2D eigenvalue weighted by Crippen LogP contribution is 2.29. The Morgan fingerprint density at radius 2 is 2.00 bits per heavy atom. The van der Waals surface area contributed by atoms with Gasteiger partial charge in [0.25, 0.3) is 5.91 Å². The molecule has 0 saturated heterocycles. The van der Waals surface area contributed by atoms with Crippen LogP contribution in [0.15, 0.2) is 52.2 Å². The maximum absolute atomic E-state index is 12.5. The average Bonchev–Trinajstić information content (AvgIpc) is 3.48. The van der Waals surface area contributed by atoms with Crippen molar-refractivity contribution in [2.45, 2.75) is 20.4 Å². The number of para-hydroxylation sites is 1. The number of nitrogens with two attached hydrogens (primary N) is 1. The van der Waals surface area contributed by atoms with Crippen LogP contribution in [0.4, 0.5) is 5.82 Å². The molecule has 160 valence electrons. The lowest BCUT2D eigenvalue weighted by atomic mass is 10.1. The third-order valence-electron chi connectivity index (χ3n) is 5.30. The van der Waals surface area contributed by atoms with E-state index >= 15 is 0 Å². The Balaban J connectivity index is 1.38. The van der Waals surface area contributed by atoms with Crippen molar-refractivity contribution in [3.05, 3.63) is 59.4 Å². The van der Waals surface area contributed by atoms with Gasteiger partial charge < -0.3 is 10.3 Å². The largest absolute Gasteiger partial charge is 0.378 e. The second-order valence-corrected chi connectivity index (χ2v) is 7.15. The molecule has 0 aliphatic rings. The molecule has 3 heterocycles. The quantitative estimate of drug-likeness (QED) is 0.323. The molecule has 5 rings (SSSR count). The Labute approximate surface area is 181 Å². The van der Waals surface area contributed by atoms with Crippen molar-refractivity contribution < 1.29 is 9.42 Å². The molecular formula is C21H19N9O2. The van der Waals surface area contributed by atoms with Crippen molar-refractivity contribution in [3.8, 4) is 5.82 Å². The molecule has 0 spiro atoms. The van der Waals surface area contributed by atoms with Gasteiger partial charge in [-0.15, -0.1) is 5.10 Å². The van der Waals surface area contributed by atoms with E-state index in [1.165, 1.54) is 15.6 Å². The summed E-state index contributed by atoms with van der Waals surface area (Å²) in [6.07, 6.45) is 1.59. The lowest BCUT2D eigenvalue weighted by Gasteiger charge is -2.02. The van der Waals surface area contributed by atoms with E-state index in [9.17, 15) is 4.79 Å². The van der Waals surface area contributed by atoms with Gasteiger partial charge in [0.1, 0.15) is 0 Å². The predicted molar refractivity (Wildman–Crippen MR) is 119 cm³/mol. The highest BCUT2D eigenvalue weighted by atomic mass is 16.6. The van der Waals surface area contributed by atoms with Gasteiger partial charge in [-0.25, -0.2) is 10.1 Å². The van der Waals surface area contributed by atoms with E-state index in [0.717, 1.165) is 23.0 Å². The molecule has 3 aromatic heterocycles. The van der Waals surface area contributed by atoms with Crippen LogP contribution in [0.3, 0.4) is 0 Å². The Kier molecular flexibility index (Phi) is 4.62. The van der Waals surface area contributed by atoms with Crippen LogP contribution in [0.1, 0.15) is 28.7 Å². The number of fused-ring (bicyclic) bond motifs is 3. The van der Waals surface area contributed by atoms with Crippen molar-refractivity contribution in [3.63, 3.8) is 0 Å². The van der Waals surface area contributed by atoms with Crippen LogP contribution < -0.4 is 11.2 Å². The second-order valence-electron chi connectivity index (χ2n) is 7.15. The summed E-state index contributed by atoms with van der Waals surface area (Å²) in [6, 6.07) is 14.4. The van der Waals surface area contributed by atoms with Crippen molar-refractivity contribution in [2.75, 3.05) is 5.73 Å². The van der Waals surface area contributed by atoms with Crippen LogP contribution in [0.5, 0.6) is 0 Å². The van der Waals surface area contributed by atoms with Crippen LogP contribution in [0.25, 0.3) is 27.6 Å². The number of hydrogen-bond acceptors (Lipinski definition) is 8. The molecule has 11 heteroatoms. The van der Waals surface area contributed by atoms with Gasteiger partial charge >= 0.3 is 0 Å². The summed E-state index contributed by atoms with van der Waals surface area (Å²) >= 11 is 0. The lowest BCUT2D eigenvalue weighted by molar-refractivity contribution is 0.0949. The molecule has 3 N–H and O–H groups in total. The molecular weight excluding hydrogens is 410 g/mol. The molecule has 11 nitrogen and oxygen atoms in total. The second kappa shape index (κ2) is 7.61. The summed E-state index contributed by atoms with van der Waals surface area (Å²) in [7, 11) is 0. The molecule has 0 atom stereocenters.